The van der Waals surface area contributed by atoms with Crippen molar-refractivity contribution in [1.29, 1.82) is 0 Å². The van der Waals surface area contributed by atoms with Crippen molar-refractivity contribution in [2.75, 3.05) is 13.7 Å². The Hall–Kier alpha value is -3.53. The number of hydrogen-bond donors (Lipinski definition) is 1. The highest BCUT2D eigenvalue weighted by Crippen LogP contribution is 2.29. The summed E-state index contributed by atoms with van der Waals surface area (Å²) >= 11 is 0. The summed E-state index contributed by atoms with van der Waals surface area (Å²) in [5.74, 6) is 1.22. The second-order valence-electron chi connectivity index (χ2n) is 7.56. The number of amides is 1. The predicted molar refractivity (Wildman–Crippen MR) is 130 cm³/mol. The largest absolute Gasteiger partial charge is 0.493 e. The summed E-state index contributed by atoms with van der Waals surface area (Å²) in [6.07, 6.45) is 6.65. The SMILES string of the molecule is CCCCCOc1ccc(/C=C/C(=O)NC(c2ccccc2)c2ccccc2)cc1OC. The van der Waals surface area contributed by atoms with Gasteiger partial charge < -0.3 is 14.8 Å². The Labute approximate surface area is 190 Å². The first-order chi connectivity index (χ1) is 15.7. The molecular formula is C28H31NO3. The monoisotopic (exact) mass is 429 g/mol. The van der Waals surface area contributed by atoms with Crippen molar-refractivity contribution in [2.45, 2.75) is 32.2 Å². The molecule has 3 aromatic rings. The maximum Gasteiger partial charge on any atom is 0.244 e. The lowest BCUT2D eigenvalue weighted by molar-refractivity contribution is -0.116. The molecule has 1 N–H and O–H groups in total. The topological polar surface area (TPSA) is 47.6 Å². The molecular weight excluding hydrogens is 398 g/mol. The molecule has 0 atom stereocenters. The number of benzene rings is 3. The van der Waals surface area contributed by atoms with Gasteiger partial charge in [-0.05, 0) is 41.3 Å². The lowest BCUT2D eigenvalue weighted by atomic mass is 9.98. The summed E-state index contributed by atoms with van der Waals surface area (Å²) in [6, 6.07) is 25.4. The van der Waals surface area contributed by atoms with Crippen molar-refractivity contribution in [3.8, 4) is 11.5 Å². The van der Waals surface area contributed by atoms with E-state index in [1.165, 1.54) is 0 Å². The maximum atomic E-state index is 12.7. The zero-order valence-electron chi connectivity index (χ0n) is 18.8. The molecule has 0 saturated carbocycles. The predicted octanol–water partition coefficient (Wildman–Crippen LogP) is 6.18. The molecule has 3 aromatic carbocycles. The summed E-state index contributed by atoms with van der Waals surface area (Å²) in [7, 11) is 1.62. The van der Waals surface area contributed by atoms with Crippen molar-refractivity contribution in [3.05, 3.63) is 102 Å². The van der Waals surface area contributed by atoms with Gasteiger partial charge in [0.1, 0.15) is 0 Å². The minimum atomic E-state index is -0.219. The number of carbonyl (C=O) groups is 1. The van der Waals surface area contributed by atoms with Crippen LogP contribution in [0.2, 0.25) is 0 Å². The highest BCUT2D eigenvalue weighted by Gasteiger charge is 2.15. The minimum absolute atomic E-state index is 0.165. The third kappa shape index (κ3) is 6.74. The molecule has 32 heavy (non-hydrogen) atoms. The average Bonchev–Trinajstić information content (AvgIpc) is 2.85. The Balaban J connectivity index is 1.69. The van der Waals surface area contributed by atoms with E-state index in [4.69, 9.17) is 9.47 Å². The summed E-state index contributed by atoms with van der Waals surface area (Å²) in [4.78, 5) is 12.7. The van der Waals surface area contributed by atoms with Crippen LogP contribution in [0.1, 0.15) is 48.9 Å². The molecule has 0 radical (unpaired) electrons. The lowest BCUT2D eigenvalue weighted by Crippen LogP contribution is -2.27. The molecule has 4 nitrogen and oxygen atoms in total. The molecule has 0 saturated heterocycles. The standard InChI is InChI=1S/C28H31NO3/c1-3-4-11-20-32-25-18-16-22(21-26(25)31-2)17-19-27(30)29-28(23-12-7-5-8-13-23)24-14-9-6-10-15-24/h5-10,12-19,21,28H,3-4,11,20H2,1-2H3,(H,29,30)/b19-17+. The molecule has 0 aliphatic heterocycles. The van der Waals surface area contributed by atoms with Gasteiger partial charge in [-0.15, -0.1) is 0 Å². The van der Waals surface area contributed by atoms with E-state index in [9.17, 15) is 4.79 Å². The number of rotatable bonds is 11. The minimum Gasteiger partial charge on any atom is -0.493 e. The van der Waals surface area contributed by atoms with Crippen LogP contribution in [0.15, 0.2) is 84.9 Å². The van der Waals surface area contributed by atoms with Crippen molar-refractivity contribution < 1.29 is 14.3 Å². The molecule has 0 fully saturated rings. The normalized spacial score (nSPS) is 11.0. The first-order valence-electron chi connectivity index (χ1n) is 11.1. The fraction of sp³-hybridized carbons (Fsp3) is 0.250. The van der Waals surface area contributed by atoms with Crippen molar-refractivity contribution in [1.82, 2.24) is 5.32 Å². The summed E-state index contributed by atoms with van der Waals surface area (Å²) in [5, 5.41) is 3.12. The molecule has 0 spiro atoms. The molecule has 0 aliphatic carbocycles. The molecule has 0 bridgehead atoms. The van der Waals surface area contributed by atoms with Crippen LogP contribution in [0.3, 0.4) is 0 Å². The quantitative estimate of drug-likeness (QED) is 0.292. The van der Waals surface area contributed by atoms with Crippen LogP contribution >= 0.6 is 0 Å². The van der Waals surface area contributed by atoms with E-state index >= 15 is 0 Å². The fourth-order valence-electron chi connectivity index (χ4n) is 3.45. The molecule has 4 heteroatoms. The van der Waals surface area contributed by atoms with Gasteiger partial charge in [0.2, 0.25) is 5.91 Å². The van der Waals surface area contributed by atoms with Gasteiger partial charge >= 0.3 is 0 Å². The number of carbonyl (C=O) groups excluding carboxylic acids is 1. The van der Waals surface area contributed by atoms with Crippen LogP contribution in [-0.2, 0) is 4.79 Å². The highest BCUT2D eigenvalue weighted by molar-refractivity contribution is 5.92. The smallest absolute Gasteiger partial charge is 0.244 e. The van der Waals surface area contributed by atoms with Gasteiger partial charge in [-0.3, -0.25) is 4.79 Å². The van der Waals surface area contributed by atoms with E-state index in [1.54, 1.807) is 19.3 Å². The first kappa shape index (κ1) is 23.1. The van der Waals surface area contributed by atoms with E-state index in [0.29, 0.717) is 12.4 Å². The van der Waals surface area contributed by atoms with Crippen molar-refractivity contribution in [2.24, 2.45) is 0 Å². The molecule has 0 heterocycles. The first-order valence-corrected chi connectivity index (χ1v) is 11.1. The second-order valence-corrected chi connectivity index (χ2v) is 7.56. The van der Waals surface area contributed by atoms with Crippen LogP contribution in [0.25, 0.3) is 6.08 Å². The van der Waals surface area contributed by atoms with Crippen LogP contribution in [0, 0.1) is 0 Å². The van der Waals surface area contributed by atoms with Crippen LogP contribution in [-0.4, -0.2) is 19.6 Å². The molecule has 0 aromatic heterocycles. The van der Waals surface area contributed by atoms with E-state index < -0.39 is 0 Å². The molecule has 0 aliphatic rings. The number of nitrogens with one attached hydrogen (secondary N) is 1. The Morgan fingerprint density at radius 1 is 0.906 bits per heavy atom. The Morgan fingerprint density at radius 3 is 2.16 bits per heavy atom. The third-order valence-corrected chi connectivity index (χ3v) is 5.17. The Bertz CT molecular complexity index is 960. The summed E-state index contributed by atoms with van der Waals surface area (Å²) < 4.78 is 11.3. The van der Waals surface area contributed by atoms with Crippen molar-refractivity contribution >= 4 is 12.0 Å². The molecule has 3 rings (SSSR count). The average molecular weight is 430 g/mol. The number of hydrogen-bond acceptors (Lipinski definition) is 3. The molecule has 0 unspecified atom stereocenters. The van der Waals surface area contributed by atoms with Crippen molar-refractivity contribution in [3.63, 3.8) is 0 Å². The van der Waals surface area contributed by atoms with Gasteiger partial charge in [0, 0.05) is 6.08 Å². The Morgan fingerprint density at radius 2 is 1.56 bits per heavy atom. The number of unbranched alkanes of at least 4 members (excludes halogenated alkanes) is 2. The van der Waals surface area contributed by atoms with Gasteiger partial charge in [0.15, 0.2) is 11.5 Å². The van der Waals surface area contributed by atoms with E-state index in [0.717, 1.165) is 41.7 Å². The van der Waals surface area contributed by atoms with Crippen LogP contribution < -0.4 is 14.8 Å². The van der Waals surface area contributed by atoms with Crippen LogP contribution in [0.4, 0.5) is 0 Å². The zero-order chi connectivity index (χ0) is 22.6. The van der Waals surface area contributed by atoms with E-state index in [1.807, 2.05) is 78.9 Å². The van der Waals surface area contributed by atoms with Gasteiger partial charge in [-0.25, -0.2) is 0 Å². The van der Waals surface area contributed by atoms with E-state index in [-0.39, 0.29) is 11.9 Å². The maximum absolute atomic E-state index is 12.7. The molecule has 166 valence electrons. The van der Waals surface area contributed by atoms with Gasteiger partial charge in [-0.2, -0.15) is 0 Å². The van der Waals surface area contributed by atoms with Crippen LogP contribution in [0.5, 0.6) is 11.5 Å². The number of methoxy groups -OCH3 is 1. The lowest BCUT2D eigenvalue weighted by Gasteiger charge is -2.19. The Kier molecular flexibility index (Phi) is 8.93. The van der Waals surface area contributed by atoms with Gasteiger partial charge in [0.25, 0.3) is 0 Å². The second kappa shape index (κ2) is 12.4. The molecule has 1 amide bonds. The highest BCUT2D eigenvalue weighted by atomic mass is 16.5. The number of ether oxygens (including phenoxy) is 2. The van der Waals surface area contributed by atoms with Gasteiger partial charge in [0.05, 0.1) is 19.8 Å². The zero-order valence-corrected chi connectivity index (χ0v) is 18.8. The summed E-state index contributed by atoms with van der Waals surface area (Å²) in [6.45, 7) is 2.84. The van der Waals surface area contributed by atoms with E-state index in [2.05, 4.69) is 12.2 Å². The third-order valence-electron chi connectivity index (χ3n) is 5.17. The fourth-order valence-corrected chi connectivity index (χ4v) is 3.45. The summed E-state index contributed by atoms with van der Waals surface area (Å²) in [5.41, 5.74) is 2.94. The van der Waals surface area contributed by atoms with Gasteiger partial charge in [-0.1, -0.05) is 86.5 Å².